The Labute approximate surface area is 195 Å². The van der Waals surface area contributed by atoms with Crippen LogP contribution in [0.25, 0.3) is 11.4 Å². The molecule has 0 amide bonds. The minimum Gasteiger partial charge on any atom is -0.305 e. The molecule has 1 aliphatic heterocycles. The number of benzene rings is 1. The first kappa shape index (κ1) is 22.4. The molecule has 0 bridgehead atoms. The summed E-state index contributed by atoms with van der Waals surface area (Å²) < 4.78 is 40.5. The molecule has 1 aliphatic carbocycles. The maximum absolute atomic E-state index is 12.8. The van der Waals surface area contributed by atoms with Gasteiger partial charge in [0, 0.05) is 37.3 Å². The van der Waals surface area contributed by atoms with E-state index in [4.69, 9.17) is 0 Å². The zero-order valence-corrected chi connectivity index (χ0v) is 19.2. The Bertz CT molecular complexity index is 1100. The maximum atomic E-state index is 12.8. The van der Waals surface area contributed by atoms with Gasteiger partial charge in [-0.25, -0.2) is 0 Å². The van der Waals surface area contributed by atoms with E-state index in [0.717, 1.165) is 66.8 Å². The zero-order valence-electron chi connectivity index (χ0n) is 18.4. The fourth-order valence-corrected chi connectivity index (χ4v) is 5.82. The second-order valence-electron chi connectivity index (χ2n) is 9.07. The third-order valence-corrected chi connectivity index (χ3v) is 8.01. The predicted molar refractivity (Wildman–Crippen MR) is 122 cm³/mol. The van der Waals surface area contributed by atoms with Gasteiger partial charge in [-0.2, -0.15) is 13.2 Å². The Kier molecular flexibility index (Phi) is 5.95. The SMILES string of the molecule is Cn1c(SCCCN2CCC3(C[C@@H]3c3ccc(C(F)(F)F)cc3)C2)nnc1-c1cccnc1. The third-order valence-electron chi connectivity index (χ3n) is 6.90. The van der Waals surface area contributed by atoms with Crippen molar-refractivity contribution in [1.82, 2.24) is 24.6 Å². The van der Waals surface area contributed by atoms with Crippen LogP contribution in [0.5, 0.6) is 0 Å². The van der Waals surface area contributed by atoms with Crippen LogP contribution in [0.3, 0.4) is 0 Å². The molecule has 3 heterocycles. The number of alkyl halides is 3. The lowest BCUT2D eigenvalue weighted by Gasteiger charge is -2.16. The second kappa shape index (κ2) is 8.76. The first-order valence-corrected chi connectivity index (χ1v) is 12.2. The number of halogens is 3. The summed E-state index contributed by atoms with van der Waals surface area (Å²) in [5, 5.41) is 9.53. The Morgan fingerprint density at radius 2 is 1.97 bits per heavy atom. The fraction of sp³-hybridized carbons (Fsp3) is 0.458. The normalized spacial score (nSPS) is 22.8. The molecule has 174 valence electrons. The summed E-state index contributed by atoms with van der Waals surface area (Å²) in [7, 11) is 1.98. The van der Waals surface area contributed by atoms with E-state index in [0.29, 0.717) is 5.92 Å². The van der Waals surface area contributed by atoms with Gasteiger partial charge >= 0.3 is 6.18 Å². The number of likely N-dealkylation sites (tertiary alicyclic amines) is 1. The smallest absolute Gasteiger partial charge is 0.305 e. The molecular weight excluding hydrogens is 447 g/mol. The van der Waals surface area contributed by atoms with Crippen LogP contribution in [0.4, 0.5) is 13.2 Å². The Morgan fingerprint density at radius 3 is 2.70 bits per heavy atom. The van der Waals surface area contributed by atoms with E-state index < -0.39 is 11.7 Å². The molecule has 1 unspecified atom stereocenters. The van der Waals surface area contributed by atoms with Crippen LogP contribution in [0.2, 0.25) is 0 Å². The number of hydrogen-bond acceptors (Lipinski definition) is 5. The molecule has 3 aromatic rings. The van der Waals surface area contributed by atoms with Crippen molar-refractivity contribution < 1.29 is 13.2 Å². The highest BCUT2D eigenvalue weighted by atomic mass is 32.2. The molecule has 9 heteroatoms. The molecule has 2 fully saturated rings. The first-order valence-electron chi connectivity index (χ1n) is 11.2. The van der Waals surface area contributed by atoms with Crippen molar-refractivity contribution in [2.24, 2.45) is 12.5 Å². The lowest BCUT2D eigenvalue weighted by molar-refractivity contribution is -0.137. The molecule has 5 nitrogen and oxygen atoms in total. The lowest BCUT2D eigenvalue weighted by atomic mass is 9.97. The van der Waals surface area contributed by atoms with Gasteiger partial charge in [-0.05, 0) is 73.5 Å². The van der Waals surface area contributed by atoms with E-state index in [2.05, 4.69) is 20.1 Å². The summed E-state index contributed by atoms with van der Waals surface area (Å²) in [6, 6.07) is 9.64. The number of aromatic nitrogens is 4. The molecule has 2 aliphatic rings. The van der Waals surface area contributed by atoms with E-state index in [-0.39, 0.29) is 5.41 Å². The summed E-state index contributed by atoms with van der Waals surface area (Å²) in [5.74, 6) is 2.17. The van der Waals surface area contributed by atoms with Crippen LogP contribution in [0.15, 0.2) is 53.9 Å². The molecular formula is C24H26F3N5S. The van der Waals surface area contributed by atoms with E-state index in [1.54, 1.807) is 36.3 Å². The number of rotatable bonds is 7. The molecule has 2 aromatic heterocycles. The van der Waals surface area contributed by atoms with E-state index in [1.165, 1.54) is 12.1 Å². The van der Waals surface area contributed by atoms with E-state index in [1.807, 2.05) is 23.7 Å². The molecule has 1 aromatic carbocycles. The van der Waals surface area contributed by atoms with Crippen molar-refractivity contribution in [3.05, 3.63) is 59.9 Å². The van der Waals surface area contributed by atoms with Gasteiger partial charge in [-0.1, -0.05) is 23.9 Å². The van der Waals surface area contributed by atoms with Gasteiger partial charge in [0.25, 0.3) is 0 Å². The largest absolute Gasteiger partial charge is 0.416 e. The number of nitrogens with zero attached hydrogens (tertiary/aromatic N) is 5. The monoisotopic (exact) mass is 473 g/mol. The Hall–Kier alpha value is -2.39. The van der Waals surface area contributed by atoms with Crippen molar-refractivity contribution in [2.45, 2.75) is 36.5 Å². The maximum Gasteiger partial charge on any atom is 0.416 e. The number of pyridine rings is 1. The van der Waals surface area contributed by atoms with E-state index >= 15 is 0 Å². The van der Waals surface area contributed by atoms with Crippen LogP contribution in [0, 0.1) is 5.41 Å². The van der Waals surface area contributed by atoms with Crippen LogP contribution >= 0.6 is 11.8 Å². The Balaban J connectivity index is 1.09. The topological polar surface area (TPSA) is 46.8 Å². The van der Waals surface area contributed by atoms with Gasteiger partial charge in [0.15, 0.2) is 11.0 Å². The first-order chi connectivity index (χ1) is 15.9. The van der Waals surface area contributed by atoms with Crippen LogP contribution in [-0.4, -0.2) is 50.0 Å². The number of thioether (sulfide) groups is 1. The minimum atomic E-state index is -4.27. The fourth-order valence-electron chi connectivity index (χ4n) is 4.99. The standard InChI is InChI=1S/C24H26F3N5S/c1-31-21(18-4-2-10-28-15-18)29-30-22(31)33-13-3-11-32-12-9-23(16-32)14-20(23)17-5-7-19(8-6-17)24(25,26)27/h2,4-8,10,15,20H,3,9,11-14,16H2,1H3/t20-,23?/m1/s1. The summed E-state index contributed by atoms with van der Waals surface area (Å²) >= 11 is 1.71. The van der Waals surface area contributed by atoms with E-state index in [9.17, 15) is 13.2 Å². The summed E-state index contributed by atoms with van der Waals surface area (Å²) in [6.45, 7) is 3.14. The van der Waals surface area contributed by atoms with Gasteiger partial charge in [-0.3, -0.25) is 4.98 Å². The summed E-state index contributed by atoms with van der Waals surface area (Å²) in [6.07, 6.45) is 2.53. The van der Waals surface area contributed by atoms with Gasteiger partial charge in [0.2, 0.25) is 0 Å². The average Bonchev–Trinajstić information content (AvgIpc) is 3.15. The van der Waals surface area contributed by atoms with Gasteiger partial charge < -0.3 is 9.47 Å². The highest BCUT2D eigenvalue weighted by molar-refractivity contribution is 7.99. The molecule has 1 saturated carbocycles. The van der Waals surface area contributed by atoms with Crippen molar-refractivity contribution in [2.75, 3.05) is 25.4 Å². The zero-order chi connectivity index (χ0) is 23.1. The highest BCUT2D eigenvalue weighted by Crippen LogP contribution is 2.64. The van der Waals surface area contributed by atoms with Gasteiger partial charge in [0.05, 0.1) is 5.56 Å². The molecule has 5 rings (SSSR count). The third kappa shape index (κ3) is 4.66. The van der Waals surface area contributed by atoms with Crippen molar-refractivity contribution in [3.8, 4) is 11.4 Å². The lowest BCUT2D eigenvalue weighted by Crippen LogP contribution is -2.23. The van der Waals surface area contributed by atoms with Crippen molar-refractivity contribution in [1.29, 1.82) is 0 Å². The molecule has 33 heavy (non-hydrogen) atoms. The van der Waals surface area contributed by atoms with Crippen molar-refractivity contribution in [3.63, 3.8) is 0 Å². The minimum absolute atomic E-state index is 0.259. The molecule has 1 saturated heterocycles. The van der Waals surface area contributed by atoms with Gasteiger partial charge in [0.1, 0.15) is 0 Å². The molecule has 1 spiro atoms. The second-order valence-corrected chi connectivity index (χ2v) is 10.1. The predicted octanol–water partition coefficient (Wildman–Crippen LogP) is 5.26. The summed E-state index contributed by atoms with van der Waals surface area (Å²) in [5.41, 5.74) is 1.69. The van der Waals surface area contributed by atoms with Crippen molar-refractivity contribution >= 4 is 11.8 Å². The molecule has 0 radical (unpaired) electrons. The van der Waals surface area contributed by atoms with Crippen LogP contribution < -0.4 is 0 Å². The molecule has 2 atom stereocenters. The highest BCUT2D eigenvalue weighted by Gasteiger charge is 2.57. The van der Waals surface area contributed by atoms with Crippen LogP contribution in [0.1, 0.15) is 36.3 Å². The van der Waals surface area contributed by atoms with Crippen LogP contribution in [-0.2, 0) is 13.2 Å². The summed E-state index contributed by atoms with van der Waals surface area (Å²) in [4.78, 5) is 6.65. The number of hydrogen-bond donors (Lipinski definition) is 0. The van der Waals surface area contributed by atoms with Gasteiger partial charge in [-0.15, -0.1) is 10.2 Å². The quantitative estimate of drug-likeness (QED) is 0.346. The average molecular weight is 474 g/mol. The Morgan fingerprint density at radius 1 is 1.15 bits per heavy atom. The molecule has 0 N–H and O–H groups in total.